The Hall–Kier alpha value is -2.61. The van der Waals surface area contributed by atoms with Crippen molar-refractivity contribution in [2.75, 3.05) is 13.7 Å². The number of piperidine rings is 1. The monoisotopic (exact) mass is 396 g/mol. The highest BCUT2D eigenvalue weighted by molar-refractivity contribution is 6.32. The number of nitrogens with zero attached hydrogens (tertiary/aromatic N) is 1. The van der Waals surface area contributed by atoms with Gasteiger partial charge in [-0.3, -0.25) is 19.2 Å². The fraction of sp³-hybridized carbons (Fsp3) is 0.444. The molecule has 0 bridgehead atoms. The van der Waals surface area contributed by atoms with E-state index in [2.05, 4.69) is 5.32 Å². The fourth-order valence-electron chi connectivity index (χ4n) is 3.02. The van der Waals surface area contributed by atoms with E-state index in [1.165, 1.54) is 12.0 Å². The first-order valence-corrected chi connectivity index (χ1v) is 8.60. The van der Waals surface area contributed by atoms with E-state index in [0.29, 0.717) is 16.3 Å². The van der Waals surface area contributed by atoms with E-state index in [-0.39, 0.29) is 13.0 Å². The lowest BCUT2D eigenvalue weighted by Crippen LogP contribution is -2.60. The molecular formula is C18H21ClN2O6. The van der Waals surface area contributed by atoms with Gasteiger partial charge in [-0.2, -0.15) is 0 Å². The maximum Gasteiger partial charge on any atom is 0.322 e. The van der Waals surface area contributed by atoms with Crippen molar-refractivity contribution in [2.24, 2.45) is 5.92 Å². The van der Waals surface area contributed by atoms with Gasteiger partial charge in [-0.25, -0.2) is 0 Å². The second-order valence-corrected chi connectivity index (χ2v) is 7.30. The Bertz CT molecular complexity index is 792. The standard InChI is InChI=1S/C18H21ClN2O6/c1-18(2)7-12(22)15(16(25)20-8-14(23)24)17(26)21(18)9-10-4-5-13(27-3)11(19)6-10/h4-6,15H,7-9H2,1-3H3,(H,20,25)(H,23,24). The highest BCUT2D eigenvalue weighted by Crippen LogP contribution is 2.32. The van der Waals surface area contributed by atoms with Crippen LogP contribution in [0.3, 0.4) is 0 Å². The second kappa shape index (κ2) is 7.96. The molecule has 8 nitrogen and oxygen atoms in total. The number of nitrogens with one attached hydrogen (secondary N) is 1. The summed E-state index contributed by atoms with van der Waals surface area (Å²) in [6.07, 6.45) is -0.0201. The number of benzene rings is 1. The number of Topliss-reactive ketones (excluding diaryl/α,β-unsaturated/α-hetero) is 1. The number of aliphatic carboxylic acids is 1. The first kappa shape index (κ1) is 20.7. The molecule has 9 heteroatoms. The Kier molecular flexibility index (Phi) is 6.10. The molecule has 1 aliphatic rings. The van der Waals surface area contributed by atoms with E-state index in [9.17, 15) is 19.2 Å². The summed E-state index contributed by atoms with van der Waals surface area (Å²) in [6.45, 7) is 2.96. The third-order valence-corrected chi connectivity index (χ3v) is 4.70. The summed E-state index contributed by atoms with van der Waals surface area (Å²) in [6, 6.07) is 5.06. The predicted octanol–water partition coefficient (Wildman–Crippen LogP) is 1.25. The zero-order valence-electron chi connectivity index (χ0n) is 15.2. The topological polar surface area (TPSA) is 113 Å². The molecule has 1 atom stereocenters. The van der Waals surface area contributed by atoms with Crippen molar-refractivity contribution in [3.63, 3.8) is 0 Å². The van der Waals surface area contributed by atoms with E-state index >= 15 is 0 Å². The molecule has 1 saturated heterocycles. The molecule has 0 spiro atoms. The lowest BCUT2D eigenvalue weighted by Gasteiger charge is -2.44. The zero-order chi connectivity index (χ0) is 20.4. The van der Waals surface area contributed by atoms with Gasteiger partial charge in [0.25, 0.3) is 0 Å². The number of carbonyl (C=O) groups excluding carboxylic acids is 3. The van der Waals surface area contributed by atoms with Crippen LogP contribution in [0.2, 0.25) is 5.02 Å². The summed E-state index contributed by atoms with van der Waals surface area (Å²) in [5.74, 6) is -4.41. The van der Waals surface area contributed by atoms with Gasteiger partial charge in [-0.15, -0.1) is 0 Å². The van der Waals surface area contributed by atoms with Crippen LogP contribution < -0.4 is 10.1 Å². The quantitative estimate of drug-likeness (QED) is 0.699. The van der Waals surface area contributed by atoms with Crippen LogP contribution in [0, 0.1) is 5.92 Å². The lowest BCUT2D eigenvalue weighted by atomic mass is 9.82. The summed E-state index contributed by atoms with van der Waals surface area (Å²) in [7, 11) is 1.49. The highest BCUT2D eigenvalue weighted by Gasteiger charge is 2.48. The minimum atomic E-state index is -1.55. The minimum Gasteiger partial charge on any atom is -0.495 e. The average Bonchev–Trinajstić information content (AvgIpc) is 2.56. The number of ether oxygens (including phenoxy) is 1. The number of ketones is 1. The van der Waals surface area contributed by atoms with E-state index in [1.54, 1.807) is 32.0 Å². The van der Waals surface area contributed by atoms with Gasteiger partial charge in [0.15, 0.2) is 11.7 Å². The molecule has 0 aliphatic carbocycles. The summed E-state index contributed by atoms with van der Waals surface area (Å²) < 4.78 is 5.10. The molecule has 1 unspecified atom stereocenters. The maximum absolute atomic E-state index is 12.9. The minimum absolute atomic E-state index is 0.0201. The highest BCUT2D eigenvalue weighted by atomic mass is 35.5. The molecule has 0 radical (unpaired) electrons. The first-order chi connectivity index (χ1) is 12.6. The number of carbonyl (C=O) groups is 4. The maximum atomic E-state index is 12.9. The molecule has 2 rings (SSSR count). The van der Waals surface area contributed by atoms with E-state index in [1.807, 2.05) is 0 Å². The number of methoxy groups -OCH3 is 1. The Balaban J connectivity index is 2.26. The molecule has 0 saturated carbocycles. The van der Waals surface area contributed by atoms with Crippen molar-refractivity contribution in [1.82, 2.24) is 10.2 Å². The number of carboxylic acid groups (broad SMARTS) is 1. The SMILES string of the molecule is COc1ccc(CN2C(=O)C(C(=O)NCC(=O)O)C(=O)CC2(C)C)cc1Cl. The lowest BCUT2D eigenvalue weighted by molar-refractivity contribution is -0.158. The van der Waals surface area contributed by atoms with Gasteiger partial charge in [0.05, 0.1) is 12.1 Å². The van der Waals surface area contributed by atoms with Crippen LogP contribution in [0.15, 0.2) is 18.2 Å². The second-order valence-electron chi connectivity index (χ2n) is 6.89. The zero-order valence-corrected chi connectivity index (χ0v) is 16.0. The molecule has 1 aliphatic heterocycles. The van der Waals surface area contributed by atoms with Crippen LogP contribution in [-0.2, 0) is 25.7 Å². The van der Waals surface area contributed by atoms with Crippen LogP contribution in [0.5, 0.6) is 5.75 Å². The van der Waals surface area contributed by atoms with Crippen LogP contribution in [0.1, 0.15) is 25.8 Å². The van der Waals surface area contributed by atoms with Crippen molar-refractivity contribution in [3.05, 3.63) is 28.8 Å². The molecular weight excluding hydrogens is 376 g/mol. The fourth-order valence-corrected chi connectivity index (χ4v) is 3.30. The molecule has 1 fully saturated rings. The smallest absolute Gasteiger partial charge is 0.322 e. The van der Waals surface area contributed by atoms with E-state index < -0.39 is 41.6 Å². The molecule has 2 N–H and O–H groups in total. The van der Waals surface area contributed by atoms with Crippen molar-refractivity contribution in [1.29, 1.82) is 0 Å². The van der Waals surface area contributed by atoms with Crippen LogP contribution in [0.4, 0.5) is 0 Å². The number of hydrogen-bond acceptors (Lipinski definition) is 5. The van der Waals surface area contributed by atoms with Gasteiger partial charge >= 0.3 is 5.97 Å². The number of amides is 2. The normalized spacial score (nSPS) is 19.0. The van der Waals surface area contributed by atoms with Crippen molar-refractivity contribution in [3.8, 4) is 5.75 Å². The average molecular weight is 397 g/mol. The van der Waals surface area contributed by atoms with Gasteiger partial charge in [0.2, 0.25) is 11.8 Å². The van der Waals surface area contributed by atoms with Crippen molar-refractivity contribution >= 4 is 35.2 Å². The largest absolute Gasteiger partial charge is 0.495 e. The van der Waals surface area contributed by atoms with Crippen molar-refractivity contribution in [2.45, 2.75) is 32.4 Å². The predicted molar refractivity (Wildman–Crippen MR) is 96.4 cm³/mol. The Morgan fingerprint density at radius 3 is 2.59 bits per heavy atom. The van der Waals surface area contributed by atoms with Gasteiger partial charge in [0.1, 0.15) is 12.3 Å². The molecule has 1 heterocycles. The molecule has 1 aromatic carbocycles. The summed E-state index contributed by atoms with van der Waals surface area (Å²) >= 11 is 6.13. The Morgan fingerprint density at radius 2 is 2.04 bits per heavy atom. The summed E-state index contributed by atoms with van der Waals surface area (Å²) in [4.78, 5) is 49.5. The molecule has 1 aromatic rings. The van der Waals surface area contributed by atoms with Gasteiger partial charge in [-0.1, -0.05) is 17.7 Å². The van der Waals surface area contributed by atoms with Crippen LogP contribution in [-0.4, -0.2) is 52.8 Å². The van der Waals surface area contributed by atoms with Gasteiger partial charge < -0.3 is 20.1 Å². The summed E-state index contributed by atoms with van der Waals surface area (Å²) in [5.41, 5.74) is -0.0919. The Morgan fingerprint density at radius 1 is 1.37 bits per heavy atom. The molecule has 27 heavy (non-hydrogen) atoms. The number of carboxylic acids is 1. The number of likely N-dealkylation sites (tertiary alicyclic amines) is 1. The third-order valence-electron chi connectivity index (χ3n) is 4.41. The molecule has 146 valence electrons. The number of halogens is 1. The number of rotatable bonds is 6. The Labute approximate surface area is 161 Å². The van der Waals surface area contributed by atoms with Gasteiger partial charge in [0, 0.05) is 18.5 Å². The van der Waals surface area contributed by atoms with Crippen LogP contribution >= 0.6 is 11.6 Å². The van der Waals surface area contributed by atoms with Gasteiger partial charge in [-0.05, 0) is 31.5 Å². The van der Waals surface area contributed by atoms with E-state index in [4.69, 9.17) is 21.4 Å². The van der Waals surface area contributed by atoms with Crippen molar-refractivity contribution < 1.29 is 29.0 Å². The number of hydrogen-bond donors (Lipinski definition) is 2. The van der Waals surface area contributed by atoms with Crippen LogP contribution in [0.25, 0.3) is 0 Å². The summed E-state index contributed by atoms with van der Waals surface area (Å²) in [5, 5.41) is 11.2. The van der Waals surface area contributed by atoms with E-state index in [0.717, 1.165) is 0 Å². The first-order valence-electron chi connectivity index (χ1n) is 8.23. The molecule has 2 amide bonds. The molecule has 0 aromatic heterocycles. The third kappa shape index (κ3) is 4.57.